The molecule has 1 aliphatic heterocycles. The topological polar surface area (TPSA) is 80.1 Å². The molecule has 1 aromatic heterocycles. The maximum atomic E-state index is 12.9. The van der Waals surface area contributed by atoms with Crippen LogP contribution in [0.2, 0.25) is 0 Å². The minimum Gasteiger partial charge on any atom is -0.345 e. The second-order valence-corrected chi connectivity index (χ2v) is 7.74. The van der Waals surface area contributed by atoms with Crippen LogP contribution in [0.1, 0.15) is 33.1 Å². The molecule has 2 heterocycles. The summed E-state index contributed by atoms with van der Waals surface area (Å²) in [5.74, 6) is 0.821. The van der Waals surface area contributed by atoms with E-state index in [1.165, 1.54) is 12.1 Å². The van der Waals surface area contributed by atoms with Gasteiger partial charge in [-0.05, 0) is 23.8 Å². The Kier molecular flexibility index (Phi) is 6.43. The van der Waals surface area contributed by atoms with E-state index in [9.17, 15) is 22.8 Å². The highest BCUT2D eigenvalue weighted by molar-refractivity contribution is 5.94. The summed E-state index contributed by atoms with van der Waals surface area (Å²) in [6.45, 7) is 1.40. The number of nitrogens with zero attached hydrogens (tertiary/aromatic N) is 4. The molecule has 0 fully saturated rings. The molecule has 0 spiro atoms. The van der Waals surface area contributed by atoms with Gasteiger partial charge >= 0.3 is 6.18 Å². The zero-order valence-corrected chi connectivity index (χ0v) is 17.7. The van der Waals surface area contributed by atoms with E-state index in [2.05, 4.69) is 15.5 Å². The zero-order valence-electron chi connectivity index (χ0n) is 17.7. The molecule has 1 N–H and O–H groups in total. The molecule has 0 saturated carbocycles. The molecule has 0 atom stereocenters. The second-order valence-electron chi connectivity index (χ2n) is 7.74. The van der Waals surface area contributed by atoms with Gasteiger partial charge in [-0.2, -0.15) is 13.2 Å². The van der Waals surface area contributed by atoms with Crippen molar-refractivity contribution in [2.24, 2.45) is 0 Å². The van der Waals surface area contributed by atoms with Gasteiger partial charge in [-0.15, -0.1) is 10.2 Å². The van der Waals surface area contributed by atoms with Crippen LogP contribution in [0.3, 0.4) is 0 Å². The minimum absolute atomic E-state index is 0.107. The normalized spacial score (nSPS) is 13.8. The third kappa shape index (κ3) is 5.39. The summed E-state index contributed by atoms with van der Waals surface area (Å²) in [6.07, 6.45) is -4.09. The Hall–Kier alpha value is -3.69. The van der Waals surface area contributed by atoms with Gasteiger partial charge < -0.3 is 14.8 Å². The largest absolute Gasteiger partial charge is 0.416 e. The third-order valence-electron chi connectivity index (χ3n) is 5.51. The van der Waals surface area contributed by atoms with E-state index in [1.807, 2.05) is 10.6 Å². The minimum atomic E-state index is -4.45. The molecule has 0 bridgehead atoms. The van der Waals surface area contributed by atoms with E-state index in [0.717, 1.165) is 12.1 Å². The van der Waals surface area contributed by atoms with Gasteiger partial charge in [0.25, 0.3) is 5.91 Å². The molecular weight excluding hydrogens is 435 g/mol. The Morgan fingerprint density at radius 2 is 1.76 bits per heavy atom. The van der Waals surface area contributed by atoms with Gasteiger partial charge in [-0.1, -0.05) is 36.4 Å². The molecule has 1 aliphatic rings. The molecule has 3 aromatic rings. The number of alkyl halides is 3. The highest BCUT2D eigenvalue weighted by Crippen LogP contribution is 2.29. The molecule has 0 radical (unpaired) electrons. The number of aromatic nitrogens is 3. The van der Waals surface area contributed by atoms with Crippen molar-refractivity contribution in [2.45, 2.75) is 32.1 Å². The SMILES string of the molecule is O=C(NCc1nnc2n1CCN(C(=O)Cc1cccc(C(F)(F)F)c1)CC2)c1ccccc1. The Morgan fingerprint density at radius 1 is 0.970 bits per heavy atom. The van der Waals surface area contributed by atoms with E-state index in [1.54, 1.807) is 29.2 Å². The zero-order chi connectivity index (χ0) is 23.4. The monoisotopic (exact) mass is 457 g/mol. The van der Waals surface area contributed by atoms with Gasteiger partial charge in [0.05, 0.1) is 18.5 Å². The molecule has 0 aliphatic carbocycles. The van der Waals surface area contributed by atoms with Gasteiger partial charge in [0.15, 0.2) is 5.82 Å². The first kappa shape index (κ1) is 22.5. The number of fused-ring (bicyclic) bond motifs is 1. The van der Waals surface area contributed by atoms with Crippen LogP contribution < -0.4 is 5.32 Å². The average Bonchev–Trinajstić information content (AvgIpc) is 3.06. The molecule has 33 heavy (non-hydrogen) atoms. The number of nitrogens with one attached hydrogen (secondary N) is 1. The number of benzene rings is 2. The third-order valence-corrected chi connectivity index (χ3v) is 5.51. The van der Waals surface area contributed by atoms with E-state index < -0.39 is 11.7 Å². The van der Waals surface area contributed by atoms with E-state index in [-0.39, 0.29) is 24.8 Å². The van der Waals surface area contributed by atoms with Crippen molar-refractivity contribution in [3.63, 3.8) is 0 Å². The van der Waals surface area contributed by atoms with E-state index in [4.69, 9.17) is 0 Å². The van der Waals surface area contributed by atoms with Crippen LogP contribution in [0.25, 0.3) is 0 Å². The maximum Gasteiger partial charge on any atom is 0.416 e. The summed E-state index contributed by atoms with van der Waals surface area (Å²) >= 11 is 0. The van der Waals surface area contributed by atoms with Crippen molar-refractivity contribution in [3.05, 3.63) is 82.9 Å². The van der Waals surface area contributed by atoms with Crippen molar-refractivity contribution in [3.8, 4) is 0 Å². The van der Waals surface area contributed by atoms with Crippen LogP contribution >= 0.6 is 0 Å². The summed E-state index contributed by atoms with van der Waals surface area (Å²) in [6, 6.07) is 13.7. The molecule has 0 saturated heterocycles. The van der Waals surface area contributed by atoms with E-state index >= 15 is 0 Å². The fraction of sp³-hybridized carbons (Fsp3) is 0.304. The fourth-order valence-corrected chi connectivity index (χ4v) is 3.76. The number of rotatable bonds is 5. The number of amides is 2. The molecule has 172 valence electrons. The Labute approximate surface area is 188 Å². The fourth-order valence-electron chi connectivity index (χ4n) is 3.76. The van der Waals surface area contributed by atoms with Crippen molar-refractivity contribution in [2.75, 3.05) is 13.1 Å². The van der Waals surface area contributed by atoms with Crippen molar-refractivity contribution < 1.29 is 22.8 Å². The van der Waals surface area contributed by atoms with Crippen LogP contribution in [-0.4, -0.2) is 44.6 Å². The first-order chi connectivity index (χ1) is 15.8. The van der Waals surface area contributed by atoms with Gasteiger partial charge in [-0.25, -0.2) is 0 Å². The predicted octanol–water partition coefficient (Wildman–Crippen LogP) is 2.85. The highest BCUT2D eigenvalue weighted by atomic mass is 19.4. The lowest BCUT2D eigenvalue weighted by Gasteiger charge is -2.20. The predicted molar refractivity (Wildman–Crippen MR) is 113 cm³/mol. The molecule has 7 nitrogen and oxygen atoms in total. The number of hydrogen-bond donors (Lipinski definition) is 1. The summed E-state index contributed by atoms with van der Waals surface area (Å²) in [7, 11) is 0. The standard InChI is InChI=1S/C23H22F3N5O2/c24-23(25,26)18-8-4-5-16(13-18)14-21(32)30-10-9-19-28-29-20(31(19)12-11-30)15-27-22(33)17-6-2-1-3-7-17/h1-8,13H,9-12,14-15H2,(H,27,33). The lowest BCUT2D eigenvalue weighted by Crippen LogP contribution is -2.35. The summed E-state index contributed by atoms with van der Waals surface area (Å²) < 4.78 is 40.7. The lowest BCUT2D eigenvalue weighted by atomic mass is 10.1. The van der Waals surface area contributed by atoms with Gasteiger partial charge in [0.1, 0.15) is 5.82 Å². The van der Waals surface area contributed by atoms with Crippen LogP contribution in [-0.2, 0) is 36.9 Å². The highest BCUT2D eigenvalue weighted by Gasteiger charge is 2.30. The van der Waals surface area contributed by atoms with Crippen molar-refractivity contribution in [1.29, 1.82) is 0 Å². The Bertz CT molecular complexity index is 1140. The summed E-state index contributed by atoms with van der Waals surface area (Å²) in [5.41, 5.74) is 0.0966. The van der Waals surface area contributed by atoms with Crippen LogP contribution in [0, 0.1) is 0 Å². The van der Waals surface area contributed by atoms with Gasteiger partial charge in [0, 0.05) is 31.6 Å². The lowest BCUT2D eigenvalue weighted by molar-refractivity contribution is -0.138. The molecular formula is C23H22F3N5O2. The van der Waals surface area contributed by atoms with Gasteiger partial charge in [-0.3, -0.25) is 9.59 Å². The maximum absolute atomic E-state index is 12.9. The summed E-state index contributed by atoms with van der Waals surface area (Å²) in [5, 5.41) is 11.2. The Balaban J connectivity index is 1.37. The second kappa shape index (κ2) is 9.43. The Morgan fingerprint density at radius 3 is 2.52 bits per heavy atom. The average molecular weight is 457 g/mol. The quantitative estimate of drug-likeness (QED) is 0.639. The number of carbonyl (C=O) groups excluding carboxylic acids is 2. The number of hydrogen-bond acceptors (Lipinski definition) is 4. The molecule has 0 unspecified atom stereocenters. The molecule has 2 aromatic carbocycles. The van der Waals surface area contributed by atoms with Crippen LogP contribution in [0.5, 0.6) is 0 Å². The molecule has 4 rings (SSSR count). The molecule has 10 heteroatoms. The van der Waals surface area contributed by atoms with Crippen molar-refractivity contribution in [1.82, 2.24) is 25.0 Å². The first-order valence-electron chi connectivity index (χ1n) is 10.5. The molecule has 2 amide bonds. The smallest absolute Gasteiger partial charge is 0.345 e. The van der Waals surface area contributed by atoms with Gasteiger partial charge in [0.2, 0.25) is 5.91 Å². The number of carbonyl (C=O) groups is 2. The number of halogens is 3. The van der Waals surface area contributed by atoms with Crippen LogP contribution in [0.15, 0.2) is 54.6 Å². The first-order valence-corrected chi connectivity index (χ1v) is 10.5. The van der Waals surface area contributed by atoms with Crippen molar-refractivity contribution >= 4 is 11.8 Å². The summed E-state index contributed by atoms with van der Waals surface area (Å²) in [4.78, 5) is 26.7. The van der Waals surface area contributed by atoms with E-state index in [0.29, 0.717) is 48.8 Å². The van der Waals surface area contributed by atoms with Crippen LogP contribution in [0.4, 0.5) is 13.2 Å².